The van der Waals surface area contributed by atoms with E-state index in [0.717, 1.165) is 49.5 Å². The van der Waals surface area contributed by atoms with Gasteiger partial charge in [-0.25, -0.2) is 0 Å². The van der Waals surface area contributed by atoms with E-state index >= 15 is 0 Å². The summed E-state index contributed by atoms with van der Waals surface area (Å²) in [7, 11) is 1.66. The number of hydrogen-bond acceptors (Lipinski definition) is 6. The first-order valence-corrected chi connectivity index (χ1v) is 11.0. The van der Waals surface area contributed by atoms with Gasteiger partial charge in [0.25, 0.3) is 0 Å². The fraction of sp³-hybridized carbons (Fsp3) is 0.435. The van der Waals surface area contributed by atoms with Crippen LogP contribution in [0.4, 0.5) is 0 Å². The predicted octanol–water partition coefficient (Wildman–Crippen LogP) is 3.95. The standard InChI is InChI=1S/C23H28BrN3O3/c1-28-22-17-19(18-27-12-10-26(11-13-27)9-5-8-25)16-21(24)23(22)30-15-14-29-20-6-3-2-4-7-20/h2-4,6-7,16-17H,5,9-15,18H2,1H3. The second-order valence-electron chi connectivity index (χ2n) is 7.14. The SMILES string of the molecule is COc1cc(CN2CCN(CCC#N)CC2)cc(Br)c1OCCOc1ccccc1. The summed E-state index contributed by atoms with van der Waals surface area (Å²) < 4.78 is 18.1. The first-order chi connectivity index (χ1) is 14.7. The van der Waals surface area contributed by atoms with E-state index in [-0.39, 0.29) is 0 Å². The molecule has 0 bridgehead atoms. The van der Waals surface area contributed by atoms with Crippen molar-refractivity contribution in [2.24, 2.45) is 0 Å². The molecule has 6 nitrogen and oxygen atoms in total. The topological polar surface area (TPSA) is 58.0 Å². The van der Waals surface area contributed by atoms with Gasteiger partial charge in [0, 0.05) is 45.7 Å². The van der Waals surface area contributed by atoms with E-state index in [9.17, 15) is 0 Å². The van der Waals surface area contributed by atoms with Crippen LogP contribution in [0.1, 0.15) is 12.0 Å². The number of benzene rings is 2. The zero-order valence-corrected chi connectivity index (χ0v) is 18.9. The number of rotatable bonds is 10. The van der Waals surface area contributed by atoms with Crippen LogP contribution in [0, 0.1) is 11.3 Å². The summed E-state index contributed by atoms with van der Waals surface area (Å²) in [5.41, 5.74) is 1.18. The molecule has 1 heterocycles. The van der Waals surface area contributed by atoms with Gasteiger partial charge >= 0.3 is 0 Å². The highest BCUT2D eigenvalue weighted by molar-refractivity contribution is 9.10. The highest BCUT2D eigenvalue weighted by Gasteiger charge is 2.18. The smallest absolute Gasteiger partial charge is 0.175 e. The Kier molecular flexibility index (Phi) is 8.81. The Morgan fingerprint density at radius 3 is 2.40 bits per heavy atom. The minimum atomic E-state index is 0.424. The molecule has 3 rings (SSSR count). The Morgan fingerprint density at radius 2 is 1.70 bits per heavy atom. The predicted molar refractivity (Wildman–Crippen MR) is 120 cm³/mol. The Balaban J connectivity index is 1.52. The van der Waals surface area contributed by atoms with Crippen LogP contribution in [0.3, 0.4) is 0 Å². The number of hydrogen-bond donors (Lipinski definition) is 0. The van der Waals surface area contributed by atoms with Crippen molar-refractivity contribution in [1.82, 2.24) is 9.80 Å². The van der Waals surface area contributed by atoms with E-state index in [4.69, 9.17) is 19.5 Å². The number of nitriles is 1. The Labute approximate surface area is 187 Å². The molecule has 0 amide bonds. The summed E-state index contributed by atoms with van der Waals surface area (Å²) >= 11 is 3.64. The summed E-state index contributed by atoms with van der Waals surface area (Å²) in [6.07, 6.45) is 0.599. The van der Waals surface area contributed by atoms with Crippen molar-refractivity contribution in [3.8, 4) is 23.3 Å². The number of para-hydroxylation sites is 1. The normalized spacial score (nSPS) is 14.8. The first kappa shape index (κ1) is 22.4. The quantitative estimate of drug-likeness (QED) is 0.487. The molecule has 0 unspecified atom stereocenters. The van der Waals surface area contributed by atoms with Crippen LogP contribution in [-0.4, -0.2) is 62.8 Å². The van der Waals surface area contributed by atoms with Crippen molar-refractivity contribution in [2.75, 3.05) is 53.0 Å². The fourth-order valence-electron chi connectivity index (χ4n) is 3.46. The van der Waals surface area contributed by atoms with Gasteiger partial charge in [-0.15, -0.1) is 0 Å². The third-order valence-electron chi connectivity index (χ3n) is 5.04. The molecule has 1 aliphatic rings. The zero-order valence-electron chi connectivity index (χ0n) is 17.3. The highest BCUT2D eigenvalue weighted by Crippen LogP contribution is 2.37. The van der Waals surface area contributed by atoms with Gasteiger partial charge in [0.1, 0.15) is 19.0 Å². The molecule has 0 aliphatic carbocycles. The van der Waals surface area contributed by atoms with Crippen LogP contribution >= 0.6 is 15.9 Å². The molecule has 0 saturated carbocycles. The second-order valence-corrected chi connectivity index (χ2v) is 8.00. The Morgan fingerprint density at radius 1 is 1.00 bits per heavy atom. The van der Waals surface area contributed by atoms with Crippen molar-refractivity contribution < 1.29 is 14.2 Å². The summed E-state index contributed by atoms with van der Waals surface area (Å²) in [6.45, 7) is 6.61. The third-order valence-corrected chi connectivity index (χ3v) is 5.63. The van der Waals surface area contributed by atoms with Gasteiger partial charge < -0.3 is 14.2 Å². The number of halogens is 1. The second kappa shape index (κ2) is 11.8. The largest absolute Gasteiger partial charge is 0.493 e. The van der Waals surface area contributed by atoms with Gasteiger partial charge in [-0.05, 0) is 45.8 Å². The molecule has 0 spiro atoms. The summed E-state index contributed by atoms with van der Waals surface area (Å²) in [5, 5.41) is 8.74. The number of ether oxygens (including phenoxy) is 3. The van der Waals surface area contributed by atoms with Crippen LogP contribution in [0.2, 0.25) is 0 Å². The van der Waals surface area contributed by atoms with Crippen LogP contribution in [0.25, 0.3) is 0 Å². The lowest BCUT2D eigenvalue weighted by molar-refractivity contribution is 0.129. The molecular weight excluding hydrogens is 446 g/mol. The van der Waals surface area contributed by atoms with Crippen molar-refractivity contribution in [3.63, 3.8) is 0 Å². The molecule has 2 aromatic rings. The van der Waals surface area contributed by atoms with Gasteiger partial charge in [0.15, 0.2) is 11.5 Å². The van der Waals surface area contributed by atoms with E-state index in [1.165, 1.54) is 5.56 Å². The van der Waals surface area contributed by atoms with Crippen LogP contribution in [0.5, 0.6) is 17.2 Å². The van der Waals surface area contributed by atoms with Gasteiger partial charge in [-0.2, -0.15) is 5.26 Å². The van der Waals surface area contributed by atoms with Gasteiger partial charge in [-0.1, -0.05) is 18.2 Å². The monoisotopic (exact) mass is 473 g/mol. The molecule has 30 heavy (non-hydrogen) atoms. The minimum absolute atomic E-state index is 0.424. The van der Waals surface area contributed by atoms with Crippen LogP contribution in [-0.2, 0) is 6.54 Å². The van der Waals surface area contributed by atoms with E-state index < -0.39 is 0 Å². The molecule has 1 fully saturated rings. The third kappa shape index (κ3) is 6.63. The lowest BCUT2D eigenvalue weighted by Gasteiger charge is -2.34. The molecule has 7 heteroatoms. The van der Waals surface area contributed by atoms with Gasteiger partial charge in [0.05, 0.1) is 17.7 Å². The number of piperazine rings is 1. The van der Waals surface area contributed by atoms with Crippen LogP contribution in [0.15, 0.2) is 46.9 Å². The lowest BCUT2D eigenvalue weighted by Crippen LogP contribution is -2.46. The highest BCUT2D eigenvalue weighted by atomic mass is 79.9. The van der Waals surface area contributed by atoms with E-state index in [0.29, 0.717) is 31.1 Å². The first-order valence-electron chi connectivity index (χ1n) is 10.2. The van der Waals surface area contributed by atoms with Gasteiger partial charge in [-0.3, -0.25) is 9.80 Å². The molecular formula is C23H28BrN3O3. The molecule has 160 valence electrons. The average Bonchev–Trinajstić information content (AvgIpc) is 2.77. The molecule has 0 N–H and O–H groups in total. The van der Waals surface area contributed by atoms with Gasteiger partial charge in [0.2, 0.25) is 0 Å². The average molecular weight is 474 g/mol. The van der Waals surface area contributed by atoms with Crippen molar-refractivity contribution in [3.05, 3.63) is 52.5 Å². The lowest BCUT2D eigenvalue weighted by atomic mass is 10.1. The Hall–Kier alpha value is -2.27. The number of methoxy groups -OCH3 is 1. The molecule has 0 aromatic heterocycles. The zero-order chi connectivity index (χ0) is 21.2. The molecule has 0 radical (unpaired) electrons. The maximum atomic E-state index is 8.74. The van der Waals surface area contributed by atoms with Crippen molar-refractivity contribution in [1.29, 1.82) is 5.26 Å². The summed E-state index contributed by atoms with van der Waals surface area (Å²) in [4.78, 5) is 4.78. The van der Waals surface area contributed by atoms with Crippen molar-refractivity contribution >= 4 is 15.9 Å². The van der Waals surface area contributed by atoms with E-state index in [2.05, 4.69) is 37.9 Å². The van der Waals surface area contributed by atoms with Crippen molar-refractivity contribution in [2.45, 2.75) is 13.0 Å². The maximum Gasteiger partial charge on any atom is 0.175 e. The maximum absolute atomic E-state index is 8.74. The molecule has 2 aromatic carbocycles. The van der Waals surface area contributed by atoms with E-state index in [1.54, 1.807) is 7.11 Å². The molecule has 1 saturated heterocycles. The summed E-state index contributed by atoms with van der Waals surface area (Å²) in [5.74, 6) is 2.24. The number of nitrogens with zero attached hydrogens (tertiary/aromatic N) is 3. The van der Waals surface area contributed by atoms with Crippen LogP contribution < -0.4 is 14.2 Å². The Bertz CT molecular complexity index is 834. The molecule has 0 atom stereocenters. The molecule has 1 aliphatic heterocycles. The fourth-order valence-corrected chi connectivity index (χ4v) is 4.07. The summed E-state index contributed by atoms with van der Waals surface area (Å²) in [6, 6.07) is 16.1. The van der Waals surface area contributed by atoms with E-state index in [1.807, 2.05) is 36.4 Å². The minimum Gasteiger partial charge on any atom is -0.493 e.